The van der Waals surface area contributed by atoms with Crippen molar-refractivity contribution in [1.29, 1.82) is 0 Å². The van der Waals surface area contributed by atoms with Gasteiger partial charge in [-0.15, -0.1) is 16.6 Å². The highest BCUT2D eigenvalue weighted by Gasteiger charge is 2.51. The summed E-state index contributed by atoms with van der Waals surface area (Å²) in [6, 6.07) is -0.660. The number of β-lactam (4-membered cyclic amide) rings is 1. The molecule has 2 amide bonds. The SMILES string of the molecule is N[C@@H]1C(=O)N2C(C(=O)O)=C(CSc3nnnn3NC=O)CS[C@H]12. The zero-order valence-corrected chi connectivity index (χ0v) is 13.1. The Hall–Kier alpha value is -2.12. The Morgan fingerprint density at radius 3 is 3.09 bits per heavy atom. The second kappa shape index (κ2) is 6.17. The van der Waals surface area contributed by atoms with E-state index in [4.69, 9.17) is 5.73 Å². The molecule has 3 heterocycles. The number of rotatable bonds is 6. The van der Waals surface area contributed by atoms with E-state index in [9.17, 15) is 19.5 Å². The summed E-state index contributed by atoms with van der Waals surface area (Å²) >= 11 is 2.57. The van der Waals surface area contributed by atoms with E-state index < -0.39 is 17.9 Å². The number of fused-ring (bicyclic) bond motifs is 1. The standard InChI is InChI=1S/C10H11N7O4S2/c11-5-7(19)16-6(9(20)21)4(1-22-8(5)16)2-23-10-13-14-15-17(10)12-3-18/h3,5,8H,1-2,11H2,(H,12,18)(H,20,21)/t5-,8-/m1/s1. The number of carboxylic acids is 1. The number of carbonyl (C=O) groups excluding carboxylic acids is 2. The number of aromatic nitrogens is 4. The van der Waals surface area contributed by atoms with Crippen LogP contribution in [0.1, 0.15) is 0 Å². The molecule has 0 spiro atoms. The number of amides is 2. The first-order chi connectivity index (χ1) is 11.0. The van der Waals surface area contributed by atoms with Gasteiger partial charge < -0.3 is 10.8 Å². The van der Waals surface area contributed by atoms with Crippen molar-refractivity contribution in [3.8, 4) is 0 Å². The van der Waals surface area contributed by atoms with Crippen LogP contribution in [0.15, 0.2) is 16.4 Å². The molecule has 0 unspecified atom stereocenters. The minimum absolute atomic E-state index is 0.0321. The molecule has 1 aromatic heterocycles. The van der Waals surface area contributed by atoms with E-state index in [1.54, 1.807) is 0 Å². The normalized spacial score (nSPS) is 23.3. The zero-order chi connectivity index (χ0) is 16.6. The van der Waals surface area contributed by atoms with Crippen LogP contribution in [-0.4, -0.2) is 71.5 Å². The van der Waals surface area contributed by atoms with E-state index in [1.165, 1.54) is 16.7 Å². The van der Waals surface area contributed by atoms with Crippen LogP contribution in [0.2, 0.25) is 0 Å². The fourth-order valence-corrected chi connectivity index (χ4v) is 4.51. The number of hydrogen-bond donors (Lipinski definition) is 3. The van der Waals surface area contributed by atoms with Gasteiger partial charge in [0.1, 0.15) is 17.1 Å². The van der Waals surface area contributed by atoms with Gasteiger partial charge in [-0.1, -0.05) is 16.9 Å². The number of thioether (sulfide) groups is 2. The van der Waals surface area contributed by atoms with Gasteiger partial charge in [-0.3, -0.25) is 14.5 Å². The molecule has 0 radical (unpaired) electrons. The van der Waals surface area contributed by atoms with Crippen LogP contribution in [-0.2, 0) is 14.4 Å². The Morgan fingerprint density at radius 1 is 1.61 bits per heavy atom. The summed E-state index contributed by atoms with van der Waals surface area (Å²) in [6.45, 7) is 0. The number of hydrogen-bond acceptors (Lipinski definition) is 9. The fraction of sp³-hybridized carbons (Fsp3) is 0.400. The van der Waals surface area contributed by atoms with Crippen molar-refractivity contribution in [1.82, 2.24) is 25.2 Å². The molecule has 3 rings (SSSR count). The summed E-state index contributed by atoms with van der Waals surface area (Å²) in [7, 11) is 0. The molecule has 0 bridgehead atoms. The van der Waals surface area contributed by atoms with Crippen molar-refractivity contribution in [2.45, 2.75) is 16.6 Å². The highest BCUT2D eigenvalue weighted by molar-refractivity contribution is 8.01. The second-order valence-corrected chi connectivity index (χ2v) is 6.65. The Morgan fingerprint density at radius 2 is 2.39 bits per heavy atom. The van der Waals surface area contributed by atoms with Crippen LogP contribution in [0, 0.1) is 0 Å². The molecule has 0 aliphatic carbocycles. The van der Waals surface area contributed by atoms with Crippen LogP contribution in [0.5, 0.6) is 0 Å². The molecular formula is C10H11N7O4S2. The van der Waals surface area contributed by atoms with E-state index in [2.05, 4.69) is 21.0 Å². The van der Waals surface area contributed by atoms with Gasteiger partial charge >= 0.3 is 5.97 Å². The van der Waals surface area contributed by atoms with E-state index in [1.807, 2.05) is 0 Å². The molecule has 2 aliphatic rings. The van der Waals surface area contributed by atoms with Gasteiger partial charge in [0.15, 0.2) is 0 Å². The number of carboxylic acid groups (broad SMARTS) is 1. The first kappa shape index (κ1) is 15.8. The molecule has 11 nitrogen and oxygen atoms in total. The van der Waals surface area contributed by atoms with Crippen molar-refractivity contribution in [2.75, 3.05) is 16.9 Å². The molecule has 0 aromatic carbocycles. The zero-order valence-electron chi connectivity index (χ0n) is 11.4. The Balaban J connectivity index is 1.80. The topological polar surface area (TPSA) is 156 Å². The van der Waals surface area contributed by atoms with Crippen LogP contribution in [0.4, 0.5) is 0 Å². The third-order valence-electron chi connectivity index (χ3n) is 3.28. The van der Waals surface area contributed by atoms with Crippen LogP contribution in [0.3, 0.4) is 0 Å². The lowest BCUT2D eigenvalue weighted by molar-refractivity contribution is -0.147. The van der Waals surface area contributed by atoms with Crippen LogP contribution < -0.4 is 11.2 Å². The van der Waals surface area contributed by atoms with E-state index >= 15 is 0 Å². The quantitative estimate of drug-likeness (QED) is 0.297. The minimum Gasteiger partial charge on any atom is -0.477 e. The Bertz CT molecular complexity index is 705. The highest BCUT2D eigenvalue weighted by atomic mass is 32.2. The van der Waals surface area contributed by atoms with E-state index in [0.29, 0.717) is 22.9 Å². The summed E-state index contributed by atoms with van der Waals surface area (Å²) in [4.78, 5) is 36.1. The molecule has 0 saturated carbocycles. The lowest BCUT2D eigenvalue weighted by atomic mass is 10.0. The van der Waals surface area contributed by atoms with Gasteiger partial charge in [0, 0.05) is 11.5 Å². The van der Waals surface area contributed by atoms with Crippen LogP contribution >= 0.6 is 23.5 Å². The summed E-state index contributed by atoms with van der Waals surface area (Å²) < 4.78 is 0. The maximum Gasteiger partial charge on any atom is 0.352 e. The third kappa shape index (κ3) is 2.66. The molecule has 4 N–H and O–H groups in total. The van der Waals surface area contributed by atoms with Crippen LogP contribution in [0.25, 0.3) is 0 Å². The molecule has 2 atom stereocenters. The number of carbonyl (C=O) groups is 3. The Kier molecular flexibility index (Phi) is 4.23. The Labute approximate surface area is 137 Å². The van der Waals surface area contributed by atoms with Gasteiger partial charge in [0.25, 0.3) is 0 Å². The van der Waals surface area contributed by atoms with Crippen molar-refractivity contribution in [2.24, 2.45) is 5.73 Å². The molecular weight excluding hydrogens is 346 g/mol. The molecule has 122 valence electrons. The molecule has 1 aromatic rings. The number of nitrogens with one attached hydrogen (secondary N) is 1. The van der Waals surface area contributed by atoms with Gasteiger partial charge in [-0.2, -0.15) is 0 Å². The van der Waals surface area contributed by atoms with E-state index in [0.717, 1.165) is 16.6 Å². The maximum absolute atomic E-state index is 11.8. The van der Waals surface area contributed by atoms with Gasteiger partial charge in [-0.25, -0.2) is 10.2 Å². The molecule has 1 saturated heterocycles. The van der Waals surface area contributed by atoms with Crippen molar-refractivity contribution < 1.29 is 19.5 Å². The lowest BCUT2D eigenvalue weighted by Crippen LogP contribution is -2.68. The van der Waals surface area contributed by atoms with Crippen molar-refractivity contribution in [3.05, 3.63) is 11.3 Å². The van der Waals surface area contributed by atoms with Gasteiger partial charge in [0.2, 0.25) is 17.5 Å². The van der Waals surface area contributed by atoms with E-state index in [-0.39, 0.29) is 16.8 Å². The number of nitrogens with two attached hydrogens (primary N) is 1. The fourth-order valence-electron chi connectivity index (χ4n) is 2.24. The first-order valence-electron chi connectivity index (χ1n) is 6.31. The van der Waals surface area contributed by atoms with Crippen molar-refractivity contribution in [3.63, 3.8) is 0 Å². The number of tetrazole rings is 1. The second-order valence-electron chi connectivity index (χ2n) is 4.60. The average Bonchev–Trinajstić information content (AvgIpc) is 2.98. The van der Waals surface area contributed by atoms with Gasteiger partial charge in [0.05, 0.1) is 0 Å². The molecule has 23 heavy (non-hydrogen) atoms. The molecule has 13 heteroatoms. The number of nitrogens with zero attached hydrogens (tertiary/aromatic N) is 5. The largest absolute Gasteiger partial charge is 0.477 e. The maximum atomic E-state index is 11.8. The van der Waals surface area contributed by atoms with Gasteiger partial charge in [-0.05, 0) is 16.0 Å². The summed E-state index contributed by atoms with van der Waals surface area (Å²) in [6.07, 6.45) is 0.420. The van der Waals surface area contributed by atoms with Crippen molar-refractivity contribution >= 4 is 41.8 Å². The summed E-state index contributed by atoms with van der Waals surface area (Å²) in [5, 5.41) is 20.1. The first-order valence-corrected chi connectivity index (χ1v) is 8.35. The number of aliphatic carboxylic acids is 1. The smallest absolute Gasteiger partial charge is 0.352 e. The minimum atomic E-state index is -1.17. The highest BCUT2D eigenvalue weighted by Crippen LogP contribution is 2.40. The predicted molar refractivity (Wildman–Crippen MR) is 79.7 cm³/mol. The summed E-state index contributed by atoms with van der Waals surface area (Å²) in [5.74, 6) is -0.855. The average molecular weight is 357 g/mol. The molecule has 1 fully saturated rings. The molecule has 2 aliphatic heterocycles. The monoisotopic (exact) mass is 357 g/mol. The summed E-state index contributed by atoms with van der Waals surface area (Å²) in [5.41, 5.74) is 8.50. The predicted octanol–water partition coefficient (Wildman–Crippen LogP) is -1.95. The lowest BCUT2D eigenvalue weighted by Gasteiger charge is -2.48. The third-order valence-corrected chi connectivity index (χ3v) is 5.65.